The van der Waals surface area contributed by atoms with Crippen LogP contribution >= 0.6 is 0 Å². The van der Waals surface area contributed by atoms with Gasteiger partial charge in [0.05, 0.1) is 0 Å². The second-order valence-electron chi connectivity index (χ2n) is 2.97. The number of benzene rings is 1. The molecule has 1 saturated heterocycles. The van der Waals surface area contributed by atoms with Crippen LogP contribution in [0.2, 0.25) is 0 Å². The molecular weight excluding hydrogens is 200 g/mol. The molecule has 0 unspecified atom stereocenters. The molecule has 0 N–H and O–H groups in total. The van der Waals surface area contributed by atoms with E-state index >= 15 is 0 Å². The van der Waals surface area contributed by atoms with Crippen molar-refractivity contribution in [1.29, 1.82) is 0 Å². The average molecular weight is 216 g/mol. The number of ether oxygens (including phenoxy) is 1. The van der Waals surface area contributed by atoms with Gasteiger partial charge in [-0.25, -0.2) is 0 Å². The largest absolute Gasteiger partial charge is 0.381 e. The van der Waals surface area contributed by atoms with E-state index in [1.54, 1.807) is 0 Å². The molecule has 1 aromatic rings. The molecule has 2 rings (SSSR count). The minimum Gasteiger partial charge on any atom is -0.381 e. The Hall–Kier alpha value is -0.288. The van der Waals surface area contributed by atoms with Crippen molar-refractivity contribution in [2.75, 3.05) is 13.2 Å². The van der Waals surface area contributed by atoms with Crippen molar-refractivity contribution in [3.8, 4) is 0 Å². The van der Waals surface area contributed by atoms with E-state index in [1.807, 2.05) is 18.2 Å². The average Bonchev–Trinajstić information content (AvgIpc) is 2.62. The van der Waals surface area contributed by atoms with E-state index in [1.165, 1.54) is 18.4 Å². The quantitative estimate of drug-likeness (QED) is 0.648. The second-order valence-corrected chi connectivity index (χ2v) is 2.97. The van der Waals surface area contributed by atoms with Gasteiger partial charge in [0.2, 0.25) is 0 Å². The van der Waals surface area contributed by atoms with Gasteiger partial charge in [-0.2, -0.15) is 0 Å². The van der Waals surface area contributed by atoms with Crippen LogP contribution in [0.4, 0.5) is 0 Å². The van der Waals surface area contributed by atoms with E-state index in [4.69, 9.17) is 4.74 Å². The summed E-state index contributed by atoms with van der Waals surface area (Å²) in [7, 11) is 0. The zero-order chi connectivity index (χ0) is 8.65. The molecule has 1 aromatic carbocycles. The van der Waals surface area contributed by atoms with Crippen molar-refractivity contribution >= 4 is 0 Å². The summed E-state index contributed by atoms with van der Waals surface area (Å²) in [6.45, 7) is 4.08. The summed E-state index contributed by atoms with van der Waals surface area (Å²) in [4.78, 5) is 0. The van der Waals surface area contributed by atoms with Crippen LogP contribution in [-0.2, 0) is 22.1 Å². The summed E-state index contributed by atoms with van der Waals surface area (Å²) >= 11 is 0. The number of hydrogen-bond donors (Lipinski definition) is 0. The van der Waals surface area contributed by atoms with Gasteiger partial charge in [-0.15, -0.1) is 0 Å². The molecule has 0 aromatic heterocycles. The van der Waals surface area contributed by atoms with Crippen LogP contribution in [0.3, 0.4) is 0 Å². The van der Waals surface area contributed by atoms with Gasteiger partial charge in [-0.3, -0.25) is 0 Å². The first-order chi connectivity index (χ1) is 5.89. The van der Waals surface area contributed by atoms with E-state index in [2.05, 4.69) is 19.1 Å². The fourth-order valence-electron chi connectivity index (χ4n) is 1.04. The van der Waals surface area contributed by atoms with Crippen LogP contribution in [0.1, 0.15) is 18.4 Å². The van der Waals surface area contributed by atoms with Gasteiger partial charge in [0, 0.05) is 30.6 Å². The minimum atomic E-state index is 0. The van der Waals surface area contributed by atoms with Crippen LogP contribution in [-0.4, -0.2) is 13.2 Å². The smallest absolute Gasteiger partial charge is 0.0466 e. The van der Waals surface area contributed by atoms with Gasteiger partial charge in [0.15, 0.2) is 0 Å². The van der Waals surface area contributed by atoms with Crippen molar-refractivity contribution in [1.82, 2.24) is 0 Å². The summed E-state index contributed by atoms with van der Waals surface area (Å²) in [5.41, 5.74) is 1.32. The van der Waals surface area contributed by atoms with Crippen molar-refractivity contribution in [2.45, 2.75) is 19.8 Å². The Balaban J connectivity index is 0.000000215. The molecule has 0 spiro atoms. The normalized spacial score (nSPS) is 13.9. The van der Waals surface area contributed by atoms with Gasteiger partial charge in [-0.05, 0) is 19.8 Å². The predicted molar refractivity (Wildman–Crippen MR) is 51.2 cm³/mol. The van der Waals surface area contributed by atoms with Gasteiger partial charge in [0.25, 0.3) is 0 Å². The van der Waals surface area contributed by atoms with Crippen molar-refractivity contribution in [2.24, 2.45) is 0 Å². The molecule has 0 bridgehead atoms. The molecule has 0 amide bonds. The van der Waals surface area contributed by atoms with Crippen LogP contribution in [0, 0.1) is 6.92 Å². The minimum absolute atomic E-state index is 0. The van der Waals surface area contributed by atoms with Gasteiger partial charge in [-0.1, -0.05) is 35.9 Å². The second kappa shape index (κ2) is 8.32. The summed E-state index contributed by atoms with van der Waals surface area (Å²) in [5.74, 6) is 0. The van der Waals surface area contributed by atoms with Crippen LogP contribution in [0.25, 0.3) is 0 Å². The third-order valence-corrected chi connectivity index (χ3v) is 1.77. The molecular formula is C11H16CrO. The third-order valence-electron chi connectivity index (χ3n) is 1.77. The molecule has 1 aliphatic rings. The van der Waals surface area contributed by atoms with E-state index in [0.717, 1.165) is 13.2 Å². The predicted octanol–water partition coefficient (Wildman–Crippen LogP) is 2.79. The van der Waals surface area contributed by atoms with E-state index < -0.39 is 0 Å². The monoisotopic (exact) mass is 216 g/mol. The molecule has 0 atom stereocenters. The Morgan fingerprint density at radius 3 is 1.77 bits per heavy atom. The topological polar surface area (TPSA) is 9.23 Å². The Kier molecular flexibility index (Phi) is 8.13. The van der Waals surface area contributed by atoms with Gasteiger partial charge >= 0.3 is 0 Å². The van der Waals surface area contributed by atoms with Gasteiger partial charge < -0.3 is 4.74 Å². The van der Waals surface area contributed by atoms with Crippen LogP contribution in [0.5, 0.6) is 0 Å². The molecule has 0 saturated carbocycles. The Morgan fingerprint density at radius 1 is 1.00 bits per heavy atom. The number of rotatable bonds is 0. The van der Waals surface area contributed by atoms with E-state index in [-0.39, 0.29) is 17.4 Å². The summed E-state index contributed by atoms with van der Waals surface area (Å²) < 4.78 is 4.94. The van der Waals surface area contributed by atoms with Crippen molar-refractivity contribution in [3.05, 3.63) is 35.9 Å². The molecule has 0 radical (unpaired) electrons. The Labute approximate surface area is 91.2 Å². The Bertz CT molecular complexity index is 187. The number of aryl methyl sites for hydroxylation is 1. The maximum Gasteiger partial charge on any atom is 0.0466 e. The fourth-order valence-corrected chi connectivity index (χ4v) is 1.04. The fraction of sp³-hybridized carbons (Fsp3) is 0.455. The van der Waals surface area contributed by atoms with Crippen LogP contribution in [0.15, 0.2) is 30.3 Å². The molecule has 72 valence electrons. The van der Waals surface area contributed by atoms with Gasteiger partial charge in [0.1, 0.15) is 0 Å². The number of hydrogen-bond acceptors (Lipinski definition) is 1. The first kappa shape index (κ1) is 12.7. The molecule has 1 fully saturated rings. The first-order valence-corrected chi connectivity index (χ1v) is 4.49. The van der Waals surface area contributed by atoms with Crippen LogP contribution < -0.4 is 0 Å². The third kappa shape index (κ3) is 6.84. The first-order valence-electron chi connectivity index (χ1n) is 4.49. The molecule has 1 aliphatic heterocycles. The summed E-state index contributed by atoms with van der Waals surface area (Å²) in [5, 5.41) is 0. The molecule has 1 nitrogen and oxygen atoms in total. The zero-order valence-corrected chi connectivity index (χ0v) is 9.31. The molecule has 1 heterocycles. The zero-order valence-electron chi connectivity index (χ0n) is 8.03. The van der Waals surface area contributed by atoms with Crippen molar-refractivity contribution in [3.63, 3.8) is 0 Å². The summed E-state index contributed by atoms with van der Waals surface area (Å²) in [6, 6.07) is 10.3. The maximum atomic E-state index is 4.94. The summed E-state index contributed by atoms with van der Waals surface area (Å²) in [6.07, 6.45) is 2.56. The Morgan fingerprint density at radius 2 is 1.54 bits per heavy atom. The SMILES string of the molecule is C1CCOC1.Cc1ccccc1.[Cr]. The standard InChI is InChI=1S/C7H8.C4H8O.Cr/c1-7-5-3-2-4-6-7;1-2-4-5-3-1;/h2-6H,1H3;1-4H2;. The molecule has 0 aliphatic carbocycles. The molecule has 13 heavy (non-hydrogen) atoms. The molecule has 2 heteroatoms. The van der Waals surface area contributed by atoms with Crippen molar-refractivity contribution < 1.29 is 22.1 Å². The van der Waals surface area contributed by atoms with E-state index in [0.29, 0.717) is 0 Å². The van der Waals surface area contributed by atoms with E-state index in [9.17, 15) is 0 Å². The maximum absolute atomic E-state index is 4.94.